The molecule has 0 saturated heterocycles. The van der Waals surface area contributed by atoms with Crippen LogP contribution in [0.2, 0.25) is 0 Å². The maximum atomic E-state index is 8.76. The van der Waals surface area contributed by atoms with E-state index in [2.05, 4.69) is 5.32 Å². The van der Waals surface area contributed by atoms with Crippen LogP contribution in [0.5, 0.6) is 5.75 Å². The number of aliphatic hydroxyl groups is 1. The van der Waals surface area contributed by atoms with Gasteiger partial charge < -0.3 is 20.9 Å². The summed E-state index contributed by atoms with van der Waals surface area (Å²) in [6, 6.07) is 5.58. The van der Waals surface area contributed by atoms with E-state index in [-0.39, 0.29) is 6.61 Å². The Morgan fingerprint density at radius 3 is 2.79 bits per heavy atom. The Bertz CT molecular complexity index is 390. The van der Waals surface area contributed by atoms with Crippen molar-refractivity contribution in [1.29, 1.82) is 0 Å². The van der Waals surface area contributed by atoms with Crippen LogP contribution in [0.1, 0.15) is 32.1 Å². The van der Waals surface area contributed by atoms with E-state index in [9.17, 15) is 0 Å². The van der Waals surface area contributed by atoms with Gasteiger partial charge in [0.1, 0.15) is 12.4 Å². The number of hydrogen-bond acceptors (Lipinski definition) is 4. The van der Waals surface area contributed by atoms with Crippen LogP contribution in [0, 0.1) is 5.92 Å². The van der Waals surface area contributed by atoms with Gasteiger partial charge in [0.25, 0.3) is 0 Å². The average Bonchev–Trinajstić information content (AvgIpc) is 2.46. The summed E-state index contributed by atoms with van der Waals surface area (Å²) in [7, 11) is 0. The van der Waals surface area contributed by atoms with Crippen LogP contribution in [0.25, 0.3) is 0 Å². The number of benzene rings is 1. The van der Waals surface area contributed by atoms with Crippen LogP contribution in [-0.2, 0) is 0 Å². The van der Waals surface area contributed by atoms with Crippen molar-refractivity contribution >= 4 is 11.4 Å². The smallest absolute Gasteiger partial charge is 0.121 e. The molecule has 1 aromatic carbocycles. The van der Waals surface area contributed by atoms with Crippen LogP contribution >= 0.6 is 0 Å². The second-order valence-corrected chi connectivity index (χ2v) is 5.21. The van der Waals surface area contributed by atoms with Crippen LogP contribution in [0.15, 0.2) is 18.2 Å². The van der Waals surface area contributed by atoms with Crippen LogP contribution in [-0.4, -0.2) is 24.9 Å². The summed E-state index contributed by atoms with van der Waals surface area (Å²) >= 11 is 0. The fraction of sp³-hybridized carbons (Fsp3) is 0.600. The number of anilines is 2. The summed E-state index contributed by atoms with van der Waals surface area (Å²) in [5.74, 6) is 1.50. The quantitative estimate of drug-likeness (QED) is 0.691. The summed E-state index contributed by atoms with van der Waals surface area (Å²) in [5, 5.41) is 12.2. The number of rotatable bonds is 6. The maximum absolute atomic E-state index is 8.76. The number of ether oxygens (including phenoxy) is 1. The molecule has 0 aromatic heterocycles. The molecule has 0 amide bonds. The lowest BCUT2D eigenvalue weighted by Crippen LogP contribution is -2.17. The summed E-state index contributed by atoms with van der Waals surface area (Å²) in [6.45, 7) is 1.31. The number of nitrogens with one attached hydrogen (secondary N) is 1. The normalized spacial score (nSPS) is 16.3. The van der Waals surface area contributed by atoms with Crippen molar-refractivity contribution in [2.45, 2.75) is 32.1 Å². The highest BCUT2D eigenvalue weighted by atomic mass is 16.5. The van der Waals surface area contributed by atoms with Gasteiger partial charge in [0.2, 0.25) is 0 Å². The topological polar surface area (TPSA) is 67.5 Å². The van der Waals surface area contributed by atoms with Crippen molar-refractivity contribution < 1.29 is 9.84 Å². The summed E-state index contributed by atoms with van der Waals surface area (Å²) in [6.07, 6.45) is 6.70. The Kier molecular flexibility index (Phi) is 5.33. The molecule has 0 heterocycles. The van der Waals surface area contributed by atoms with Gasteiger partial charge in [-0.3, -0.25) is 0 Å². The molecule has 106 valence electrons. The Morgan fingerprint density at radius 2 is 2.05 bits per heavy atom. The monoisotopic (exact) mass is 264 g/mol. The molecule has 0 bridgehead atoms. The van der Waals surface area contributed by atoms with E-state index in [4.69, 9.17) is 15.6 Å². The SMILES string of the molecule is Nc1ccc(OCCO)cc1NCC1CCCCC1. The van der Waals surface area contributed by atoms with Crippen molar-refractivity contribution in [1.82, 2.24) is 0 Å². The van der Waals surface area contributed by atoms with Crippen molar-refractivity contribution in [2.75, 3.05) is 30.8 Å². The summed E-state index contributed by atoms with van der Waals surface area (Å²) in [5.41, 5.74) is 7.64. The Labute approximate surface area is 115 Å². The first-order valence-electron chi connectivity index (χ1n) is 7.16. The Balaban J connectivity index is 1.90. The van der Waals surface area contributed by atoms with Crippen LogP contribution < -0.4 is 15.8 Å². The van der Waals surface area contributed by atoms with Crippen molar-refractivity contribution in [2.24, 2.45) is 5.92 Å². The number of nitrogen functional groups attached to an aromatic ring is 1. The van der Waals surface area contributed by atoms with E-state index in [1.807, 2.05) is 18.2 Å². The molecular formula is C15H24N2O2. The van der Waals surface area contributed by atoms with Gasteiger partial charge in [-0.1, -0.05) is 19.3 Å². The van der Waals surface area contributed by atoms with Gasteiger partial charge in [0.15, 0.2) is 0 Å². The minimum Gasteiger partial charge on any atom is -0.491 e. The molecule has 4 nitrogen and oxygen atoms in total. The van der Waals surface area contributed by atoms with Crippen molar-refractivity contribution in [3.05, 3.63) is 18.2 Å². The van der Waals surface area contributed by atoms with Gasteiger partial charge in [-0.25, -0.2) is 0 Å². The van der Waals surface area contributed by atoms with E-state index in [0.717, 1.165) is 29.6 Å². The van der Waals surface area contributed by atoms with Gasteiger partial charge in [0, 0.05) is 12.6 Å². The highest BCUT2D eigenvalue weighted by Crippen LogP contribution is 2.27. The molecule has 0 atom stereocenters. The molecule has 2 rings (SSSR count). The highest BCUT2D eigenvalue weighted by molar-refractivity contribution is 5.68. The third kappa shape index (κ3) is 4.31. The van der Waals surface area contributed by atoms with Crippen molar-refractivity contribution in [3.8, 4) is 5.75 Å². The second-order valence-electron chi connectivity index (χ2n) is 5.21. The van der Waals surface area contributed by atoms with Gasteiger partial charge >= 0.3 is 0 Å². The minimum atomic E-state index is 0.0230. The molecule has 19 heavy (non-hydrogen) atoms. The molecule has 4 N–H and O–H groups in total. The molecule has 1 saturated carbocycles. The van der Waals surface area contributed by atoms with Crippen LogP contribution in [0.4, 0.5) is 11.4 Å². The van der Waals surface area contributed by atoms with E-state index in [1.54, 1.807) is 0 Å². The number of aliphatic hydroxyl groups excluding tert-OH is 1. The summed E-state index contributed by atoms with van der Waals surface area (Å²) in [4.78, 5) is 0. The van der Waals surface area contributed by atoms with Gasteiger partial charge in [-0.2, -0.15) is 0 Å². The molecule has 4 heteroatoms. The molecule has 1 aliphatic carbocycles. The lowest BCUT2D eigenvalue weighted by atomic mass is 9.89. The standard InChI is InChI=1S/C15H24N2O2/c16-14-7-6-13(19-9-8-18)10-15(14)17-11-12-4-2-1-3-5-12/h6-7,10,12,17-18H,1-5,8-9,11,16H2. The molecular weight excluding hydrogens is 240 g/mol. The van der Waals surface area contributed by atoms with Gasteiger partial charge in [0.05, 0.1) is 18.0 Å². The molecule has 1 aromatic rings. The molecule has 0 unspecified atom stereocenters. The lowest BCUT2D eigenvalue weighted by Gasteiger charge is -2.22. The highest BCUT2D eigenvalue weighted by Gasteiger charge is 2.13. The molecule has 1 fully saturated rings. The molecule has 0 radical (unpaired) electrons. The van der Waals surface area contributed by atoms with E-state index in [1.165, 1.54) is 32.1 Å². The average molecular weight is 264 g/mol. The zero-order valence-corrected chi connectivity index (χ0v) is 11.4. The largest absolute Gasteiger partial charge is 0.491 e. The first-order valence-corrected chi connectivity index (χ1v) is 7.16. The minimum absolute atomic E-state index is 0.0230. The Morgan fingerprint density at radius 1 is 1.26 bits per heavy atom. The first kappa shape index (κ1) is 14.0. The lowest BCUT2D eigenvalue weighted by molar-refractivity contribution is 0.201. The predicted molar refractivity (Wildman–Crippen MR) is 78.5 cm³/mol. The van der Waals surface area contributed by atoms with E-state index >= 15 is 0 Å². The zero-order chi connectivity index (χ0) is 13.5. The summed E-state index contributed by atoms with van der Waals surface area (Å²) < 4.78 is 5.40. The predicted octanol–water partition coefficient (Wildman–Crippen LogP) is 2.63. The van der Waals surface area contributed by atoms with Gasteiger partial charge in [-0.15, -0.1) is 0 Å². The third-order valence-corrected chi connectivity index (χ3v) is 3.69. The van der Waals surface area contributed by atoms with E-state index in [0.29, 0.717) is 6.61 Å². The fourth-order valence-corrected chi connectivity index (χ4v) is 2.59. The van der Waals surface area contributed by atoms with Crippen molar-refractivity contribution in [3.63, 3.8) is 0 Å². The van der Waals surface area contributed by atoms with Gasteiger partial charge in [-0.05, 0) is 30.9 Å². The Hall–Kier alpha value is -1.42. The second kappa shape index (κ2) is 7.24. The fourth-order valence-electron chi connectivity index (χ4n) is 2.59. The maximum Gasteiger partial charge on any atom is 0.121 e. The molecule has 0 spiro atoms. The molecule has 0 aliphatic heterocycles. The van der Waals surface area contributed by atoms with E-state index < -0.39 is 0 Å². The first-order chi connectivity index (χ1) is 9.29. The van der Waals surface area contributed by atoms with Crippen LogP contribution in [0.3, 0.4) is 0 Å². The number of nitrogens with two attached hydrogens (primary N) is 1. The molecule has 1 aliphatic rings. The zero-order valence-electron chi connectivity index (χ0n) is 11.4. The third-order valence-electron chi connectivity index (χ3n) is 3.69. The number of hydrogen-bond donors (Lipinski definition) is 3.